The minimum atomic E-state index is -1.05. The second-order valence-corrected chi connectivity index (χ2v) is 5.26. The van der Waals surface area contributed by atoms with Gasteiger partial charge in [0.2, 0.25) is 5.91 Å². The molecule has 0 bridgehead atoms. The van der Waals surface area contributed by atoms with Crippen molar-refractivity contribution in [2.24, 2.45) is 16.3 Å². The van der Waals surface area contributed by atoms with Gasteiger partial charge in [-0.1, -0.05) is 22.9 Å². The second-order valence-electron chi connectivity index (χ2n) is 5.26. The van der Waals surface area contributed by atoms with Crippen LogP contribution in [0.1, 0.15) is 25.0 Å². The highest BCUT2D eigenvalue weighted by atomic mass is 16.4. The van der Waals surface area contributed by atoms with Crippen molar-refractivity contribution in [2.45, 2.75) is 27.7 Å². The third kappa shape index (κ3) is 2.86. The Morgan fingerprint density at radius 3 is 2.42 bits per heavy atom. The van der Waals surface area contributed by atoms with Gasteiger partial charge >= 0.3 is 0 Å². The molecule has 0 aliphatic carbocycles. The molecule has 0 aromatic heterocycles. The van der Waals surface area contributed by atoms with Crippen molar-refractivity contribution in [3.05, 3.63) is 29.3 Å². The Balaban J connectivity index is 3.13. The van der Waals surface area contributed by atoms with Gasteiger partial charge in [-0.15, -0.1) is 0 Å². The van der Waals surface area contributed by atoms with E-state index < -0.39 is 5.41 Å². The molecule has 1 aromatic carbocycles. The Hall–Kier alpha value is -2.04. The van der Waals surface area contributed by atoms with E-state index in [1.165, 1.54) is 4.90 Å². The first-order valence-corrected chi connectivity index (χ1v) is 6.05. The lowest BCUT2D eigenvalue weighted by molar-refractivity contribution is -0.123. The number of carbonyl (C=O) groups is 1. The van der Waals surface area contributed by atoms with Crippen molar-refractivity contribution in [2.75, 3.05) is 11.9 Å². The van der Waals surface area contributed by atoms with Crippen LogP contribution in [0.25, 0.3) is 0 Å². The lowest BCUT2D eigenvalue weighted by Crippen LogP contribution is -2.47. The van der Waals surface area contributed by atoms with E-state index in [4.69, 9.17) is 10.9 Å². The molecule has 0 saturated heterocycles. The number of nitrogens with zero attached hydrogens (tertiary/aromatic N) is 2. The standard InChI is InChI=1S/C14H21N3O2/c1-9-6-7-11(10(2)8-9)17(5)13(18)14(3,4)12(15)16-19/h6-8,19H,1-5H3,(H2,15,16). The van der Waals surface area contributed by atoms with Crippen molar-refractivity contribution in [1.29, 1.82) is 0 Å². The molecule has 1 aromatic rings. The van der Waals surface area contributed by atoms with Crippen LogP contribution in [0.15, 0.2) is 23.4 Å². The summed E-state index contributed by atoms with van der Waals surface area (Å²) in [7, 11) is 1.69. The summed E-state index contributed by atoms with van der Waals surface area (Å²) in [5, 5.41) is 11.7. The van der Waals surface area contributed by atoms with Crippen LogP contribution in [-0.4, -0.2) is 24.0 Å². The van der Waals surface area contributed by atoms with E-state index in [0.29, 0.717) is 0 Å². The zero-order valence-electron chi connectivity index (χ0n) is 12.1. The average molecular weight is 263 g/mol. The van der Waals surface area contributed by atoms with Gasteiger partial charge in [-0.2, -0.15) is 0 Å². The van der Waals surface area contributed by atoms with Crippen LogP contribution < -0.4 is 10.6 Å². The van der Waals surface area contributed by atoms with Crippen molar-refractivity contribution >= 4 is 17.4 Å². The molecular weight excluding hydrogens is 242 g/mol. The van der Waals surface area contributed by atoms with E-state index in [2.05, 4.69) is 5.16 Å². The van der Waals surface area contributed by atoms with Crippen molar-refractivity contribution in [3.8, 4) is 0 Å². The van der Waals surface area contributed by atoms with E-state index in [0.717, 1.165) is 16.8 Å². The number of hydrogen-bond donors (Lipinski definition) is 2. The van der Waals surface area contributed by atoms with E-state index >= 15 is 0 Å². The summed E-state index contributed by atoms with van der Waals surface area (Å²) < 4.78 is 0. The molecule has 19 heavy (non-hydrogen) atoms. The highest BCUT2D eigenvalue weighted by Crippen LogP contribution is 2.26. The minimum Gasteiger partial charge on any atom is -0.409 e. The van der Waals surface area contributed by atoms with Crippen LogP contribution in [-0.2, 0) is 4.79 Å². The number of benzene rings is 1. The second kappa shape index (κ2) is 5.30. The van der Waals surface area contributed by atoms with Crippen molar-refractivity contribution in [3.63, 3.8) is 0 Å². The molecule has 0 atom stereocenters. The zero-order valence-corrected chi connectivity index (χ0v) is 12.1. The number of amides is 1. The van der Waals surface area contributed by atoms with Gasteiger partial charge in [-0.05, 0) is 39.3 Å². The molecule has 1 amide bonds. The number of hydrogen-bond acceptors (Lipinski definition) is 3. The molecule has 0 fully saturated rings. The van der Waals surface area contributed by atoms with E-state index in [9.17, 15) is 4.79 Å². The molecular formula is C14H21N3O2. The molecule has 0 heterocycles. The fraction of sp³-hybridized carbons (Fsp3) is 0.429. The van der Waals surface area contributed by atoms with Gasteiger partial charge in [-0.25, -0.2) is 0 Å². The fourth-order valence-corrected chi connectivity index (χ4v) is 1.94. The number of amidine groups is 1. The molecule has 0 saturated carbocycles. The van der Waals surface area contributed by atoms with Crippen LogP contribution >= 0.6 is 0 Å². The number of anilines is 1. The summed E-state index contributed by atoms with van der Waals surface area (Å²) in [6.45, 7) is 7.20. The summed E-state index contributed by atoms with van der Waals surface area (Å²) in [5.74, 6) is -0.330. The third-order valence-corrected chi connectivity index (χ3v) is 3.30. The van der Waals surface area contributed by atoms with E-state index in [1.807, 2.05) is 32.0 Å². The van der Waals surface area contributed by atoms with E-state index in [1.54, 1.807) is 20.9 Å². The van der Waals surface area contributed by atoms with E-state index in [-0.39, 0.29) is 11.7 Å². The maximum absolute atomic E-state index is 12.5. The molecule has 3 N–H and O–H groups in total. The normalized spacial score (nSPS) is 12.4. The first-order chi connectivity index (χ1) is 8.71. The molecule has 104 valence electrons. The lowest BCUT2D eigenvalue weighted by Gasteiger charge is -2.29. The van der Waals surface area contributed by atoms with Gasteiger partial charge in [0.05, 0.1) is 0 Å². The van der Waals surface area contributed by atoms with Crippen LogP contribution in [0.2, 0.25) is 0 Å². The highest BCUT2D eigenvalue weighted by molar-refractivity contribution is 6.12. The van der Waals surface area contributed by atoms with Crippen molar-refractivity contribution in [1.82, 2.24) is 0 Å². The van der Waals surface area contributed by atoms with Gasteiger partial charge in [0.25, 0.3) is 0 Å². The maximum Gasteiger partial charge on any atom is 0.240 e. The quantitative estimate of drug-likeness (QED) is 0.379. The summed E-state index contributed by atoms with van der Waals surface area (Å²) in [4.78, 5) is 14.0. The molecule has 0 aliphatic heterocycles. The number of carbonyl (C=O) groups excluding carboxylic acids is 1. The van der Waals surface area contributed by atoms with Crippen LogP contribution in [0.5, 0.6) is 0 Å². The minimum absolute atomic E-state index is 0.103. The number of nitrogens with two attached hydrogens (primary N) is 1. The number of aryl methyl sites for hydroxylation is 2. The number of rotatable bonds is 3. The zero-order chi connectivity index (χ0) is 14.8. The Labute approximate surface area is 113 Å². The van der Waals surface area contributed by atoms with Gasteiger partial charge < -0.3 is 15.8 Å². The predicted octanol–water partition coefficient (Wildman–Crippen LogP) is 2.04. The molecule has 0 unspecified atom stereocenters. The van der Waals surface area contributed by atoms with Gasteiger partial charge in [0.1, 0.15) is 5.41 Å². The molecule has 5 heteroatoms. The smallest absolute Gasteiger partial charge is 0.240 e. The summed E-state index contributed by atoms with van der Waals surface area (Å²) in [6, 6.07) is 5.85. The Bertz CT molecular complexity index is 521. The topological polar surface area (TPSA) is 78.9 Å². The fourth-order valence-electron chi connectivity index (χ4n) is 1.94. The molecule has 1 rings (SSSR count). The predicted molar refractivity (Wildman–Crippen MR) is 76.5 cm³/mol. The lowest BCUT2D eigenvalue weighted by atomic mass is 9.90. The maximum atomic E-state index is 12.5. The van der Waals surface area contributed by atoms with Gasteiger partial charge in [0.15, 0.2) is 5.84 Å². The first kappa shape index (κ1) is 15.0. The van der Waals surface area contributed by atoms with Gasteiger partial charge in [-0.3, -0.25) is 4.79 Å². The molecule has 0 radical (unpaired) electrons. The Morgan fingerprint density at radius 1 is 1.37 bits per heavy atom. The third-order valence-electron chi connectivity index (χ3n) is 3.30. The molecule has 0 spiro atoms. The van der Waals surface area contributed by atoms with Crippen molar-refractivity contribution < 1.29 is 10.0 Å². The van der Waals surface area contributed by atoms with Gasteiger partial charge in [0, 0.05) is 12.7 Å². The molecule has 5 nitrogen and oxygen atoms in total. The summed E-state index contributed by atoms with van der Waals surface area (Å²) >= 11 is 0. The summed E-state index contributed by atoms with van der Waals surface area (Å²) in [6.07, 6.45) is 0. The average Bonchev–Trinajstić information content (AvgIpc) is 2.35. The largest absolute Gasteiger partial charge is 0.409 e. The first-order valence-electron chi connectivity index (χ1n) is 6.05. The number of oxime groups is 1. The summed E-state index contributed by atoms with van der Waals surface area (Å²) in [5.41, 5.74) is 7.48. The SMILES string of the molecule is Cc1ccc(N(C)C(=O)C(C)(C)C(N)=NO)c(C)c1. The van der Waals surface area contributed by atoms with Crippen LogP contribution in [0, 0.1) is 19.3 Å². The monoisotopic (exact) mass is 263 g/mol. The molecule has 0 aliphatic rings. The van der Waals surface area contributed by atoms with Crippen LogP contribution in [0.4, 0.5) is 5.69 Å². The Kier molecular flexibility index (Phi) is 4.19. The highest BCUT2D eigenvalue weighted by Gasteiger charge is 2.36. The Morgan fingerprint density at radius 2 is 1.95 bits per heavy atom. The van der Waals surface area contributed by atoms with Crippen LogP contribution in [0.3, 0.4) is 0 Å².